The van der Waals surface area contributed by atoms with E-state index in [1.807, 2.05) is 19.1 Å². The summed E-state index contributed by atoms with van der Waals surface area (Å²) >= 11 is 1.78. The van der Waals surface area contributed by atoms with Crippen LogP contribution in [0.25, 0.3) is 0 Å². The molecule has 1 saturated heterocycles. The Morgan fingerprint density at radius 1 is 1.25 bits per heavy atom. The van der Waals surface area contributed by atoms with Gasteiger partial charge in [0.15, 0.2) is 11.5 Å². The van der Waals surface area contributed by atoms with Gasteiger partial charge in [0.1, 0.15) is 0 Å². The van der Waals surface area contributed by atoms with Crippen molar-refractivity contribution in [1.29, 1.82) is 0 Å². The van der Waals surface area contributed by atoms with Crippen molar-refractivity contribution in [3.05, 3.63) is 46.2 Å². The van der Waals surface area contributed by atoms with Crippen LogP contribution < -0.4 is 10.1 Å². The van der Waals surface area contributed by atoms with Crippen LogP contribution in [0.15, 0.2) is 35.7 Å². The van der Waals surface area contributed by atoms with Crippen molar-refractivity contribution in [2.75, 3.05) is 32.8 Å². The summed E-state index contributed by atoms with van der Waals surface area (Å²) in [6.07, 6.45) is 0. The number of phenolic OH excluding ortho intramolecular Hbond substituents is 1. The van der Waals surface area contributed by atoms with Gasteiger partial charge in [-0.3, -0.25) is 4.90 Å². The lowest BCUT2D eigenvalue weighted by atomic mass is 10.0. The van der Waals surface area contributed by atoms with Crippen LogP contribution in [0.4, 0.5) is 0 Å². The van der Waals surface area contributed by atoms with Crippen LogP contribution in [0.1, 0.15) is 23.4 Å². The number of thiophene rings is 1. The number of halogens is 2. The molecule has 0 radical (unpaired) electrons. The van der Waals surface area contributed by atoms with Gasteiger partial charge in [-0.1, -0.05) is 12.1 Å². The highest BCUT2D eigenvalue weighted by atomic mass is 35.5. The minimum atomic E-state index is 0. The number of hydrogen-bond acceptors (Lipinski definition) is 5. The Labute approximate surface area is 159 Å². The Bertz CT molecular complexity index is 605. The van der Waals surface area contributed by atoms with Gasteiger partial charge in [0, 0.05) is 31.1 Å². The van der Waals surface area contributed by atoms with Gasteiger partial charge in [-0.15, -0.1) is 36.2 Å². The minimum Gasteiger partial charge on any atom is -0.504 e. The van der Waals surface area contributed by atoms with Crippen LogP contribution in [0.3, 0.4) is 0 Å². The second-order valence-corrected chi connectivity index (χ2v) is 6.34. The highest BCUT2D eigenvalue weighted by Crippen LogP contribution is 2.36. The second-order valence-electron chi connectivity index (χ2n) is 5.36. The molecule has 2 aromatic rings. The fourth-order valence-electron chi connectivity index (χ4n) is 2.91. The van der Waals surface area contributed by atoms with Gasteiger partial charge in [-0.2, -0.15) is 0 Å². The molecule has 4 nitrogen and oxygen atoms in total. The van der Waals surface area contributed by atoms with Crippen LogP contribution in [0.5, 0.6) is 11.5 Å². The summed E-state index contributed by atoms with van der Waals surface area (Å²) < 4.78 is 5.55. The van der Waals surface area contributed by atoms with Crippen LogP contribution in [-0.4, -0.2) is 42.8 Å². The second kappa shape index (κ2) is 10.1. The zero-order chi connectivity index (χ0) is 15.4. The van der Waals surface area contributed by atoms with Gasteiger partial charge in [-0.25, -0.2) is 0 Å². The maximum absolute atomic E-state index is 9.94. The first-order chi connectivity index (χ1) is 10.8. The topological polar surface area (TPSA) is 44.7 Å². The van der Waals surface area contributed by atoms with Crippen LogP contribution in [0.2, 0.25) is 0 Å². The minimum absolute atomic E-state index is 0. The Morgan fingerprint density at radius 2 is 2.00 bits per heavy atom. The van der Waals surface area contributed by atoms with E-state index in [0.717, 1.165) is 26.2 Å². The number of ether oxygens (including phenoxy) is 1. The summed E-state index contributed by atoms with van der Waals surface area (Å²) in [6.45, 7) is 6.55. The van der Waals surface area contributed by atoms with E-state index >= 15 is 0 Å². The zero-order valence-corrected chi connectivity index (χ0v) is 16.1. The molecule has 134 valence electrons. The lowest BCUT2D eigenvalue weighted by Crippen LogP contribution is -2.45. The van der Waals surface area contributed by atoms with Gasteiger partial charge >= 0.3 is 0 Å². The van der Waals surface area contributed by atoms with Gasteiger partial charge in [0.05, 0.1) is 12.6 Å². The smallest absolute Gasteiger partial charge is 0.161 e. The first-order valence-electron chi connectivity index (χ1n) is 7.73. The number of hydrogen-bond donors (Lipinski definition) is 2. The van der Waals surface area contributed by atoms with Crippen molar-refractivity contribution in [2.45, 2.75) is 13.0 Å². The lowest BCUT2D eigenvalue weighted by molar-refractivity contribution is 0.200. The average Bonchev–Trinajstić information content (AvgIpc) is 3.06. The lowest BCUT2D eigenvalue weighted by Gasteiger charge is -2.35. The predicted molar refractivity (Wildman–Crippen MR) is 104 cm³/mol. The molecule has 0 spiro atoms. The van der Waals surface area contributed by atoms with Crippen molar-refractivity contribution in [3.63, 3.8) is 0 Å². The predicted octanol–water partition coefficient (Wildman–Crippen LogP) is 3.69. The quantitative estimate of drug-likeness (QED) is 0.816. The molecule has 1 aromatic carbocycles. The van der Waals surface area contributed by atoms with Crippen molar-refractivity contribution in [2.24, 2.45) is 0 Å². The number of piperazine rings is 1. The van der Waals surface area contributed by atoms with E-state index in [1.54, 1.807) is 17.4 Å². The largest absolute Gasteiger partial charge is 0.504 e. The Morgan fingerprint density at radius 3 is 2.62 bits per heavy atom. The Balaban J connectivity index is 0.00000144. The molecule has 0 amide bonds. The summed E-state index contributed by atoms with van der Waals surface area (Å²) in [5.41, 5.74) is 1.17. The summed E-state index contributed by atoms with van der Waals surface area (Å²) in [5.74, 6) is 0.771. The molecule has 1 aliphatic heterocycles. The fourth-order valence-corrected chi connectivity index (χ4v) is 3.80. The summed E-state index contributed by atoms with van der Waals surface area (Å²) in [6, 6.07) is 10.2. The first-order valence-corrected chi connectivity index (χ1v) is 8.61. The van der Waals surface area contributed by atoms with Gasteiger partial charge in [-0.05, 0) is 36.1 Å². The van der Waals surface area contributed by atoms with Crippen molar-refractivity contribution < 1.29 is 9.84 Å². The Kier molecular flexibility index (Phi) is 8.87. The van der Waals surface area contributed by atoms with E-state index in [9.17, 15) is 5.11 Å². The highest BCUT2D eigenvalue weighted by Gasteiger charge is 2.25. The van der Waals surface area contributed by atoms with E-state index in [2.05, 4.69) is 27.7 Å². The molecule has 0 bridgehead atoms. The van der Waals surface area contributed by atoms with Crippen LogP contribution in [-0.2, 0) is 0 Å². The summed E-state index contributed by atoms with van der Waals surface area (Å²) in [5, 5.41) is 15.5. The number of aromatic hydroxyl groups is 1. The third kappa shape index (κ3) is 4.77. The third-order valence-corrected chi connectivity index (χ3v) is 4.85. The van der Waals surface area contributed by atoms with Crippen LogP contribution >= 0.6 is 36.2 Å². The molecule has 2 heterocycles. The number of phenols is 1. The van der Waals surface area contributed by atoms with E-state index in [0.29, 0.717) is 12.4 Å². The molecule has 1 atom stereocenters. The number of rotatable bonds is 5. The molecule has 2 N–H and O–H groups in total. The molecule has 24 heavy (non-hydrogen) atoms. The molecular weight excluding hydrogens is 367 g/mol. The molecule has 3 rings (SSSR count). The van der Waals surface area contributed by atoms with Gasteiger partial charge < -0.3 is 15.2 Å². The van der Waals surface area contributed by atoms with E-state index in [1.165, 1.54) is 10.4 Å². The molecule has 1 fully saturated rings. The molecule has 1 aromatic heterocycles. The SMILES string of the molecule is CCOc1cc([C@H](c2cccs2)N2CCNCC2)ccc1O.Cl.Cl. The standard InChI is InChI=1S/C17H22N2O2S.2ClH/c1-2-21-15-12-13(5-6-14(15)20)17(16-4-3-11-22-16)19-9-7-18-8-10-19;;/h3-6,11-12,17-18,20H,2,7-10H2,1H3;2*1H/t17-;;/m1../s1. The average molecular weight is 391 g/mol. The molecule has 0 aliphatic carbocycles. The highest BCUT2D eigenvalue weighted by molar-refractivity contribution is 7.10. The maximum atomic E-state index is 9.94. The third-order valence-electron chi connectivity index (χ3n) is 3.93. The van der Waals surface area contributed by atoms with E-state index in [4.69, 9.17) is 4.74 Å². The fraction of sp³-hybridized carbons (Fsp3) is 0.412. The number of benzene rings is 1. The van der Waals surface area contributed by atoms with E-state index in [-0.39, 0.29) is 36.6 Å². The summed E-state index contributed by atoms with van der Waals surface area (Å²) in [7, 11) is 0. The Hall–Kier alpha value is -0.980. The zero-order valence-electron chi connectivity index (χ0n) is 13.6. The maximum Gasteiger partial charge on any atom is 0.161 e. The monoisotopic (exact) mass is 390 g/mol. The van der Waals surface area contributed by atoms with Crippen molar-refractivity contribution in [3.8, 4) is 11.5 Å². The van der Waals surface area contributed by atoms with Crippen molar-refractivity contribution in [1.82, 2.24) is 10.2 Å². The number of nitrogens with one attached hydrogen (secondary N) is 1. The van der Waals surface area contributed by atoms with Gasteiger partial charge in [0.2, 0.25) is 0 Å². The number of nitrogens with zero attached hydrogens (tertiary/aromatic N) is 1. The molecule has 0 unspecified atom stereocenters. The van der Waals surface area contributed by atoms with E-state index < -0.39 is 0 Å². The van der Waals surface area contributed by atoms with Crippen LogP contribution in [0, 0.1) is 0 Å². The molecule has 7 heteroatoms. The van der Waals surface area contributed by atoms with Gasteiger partial charge in [0.25, 0.3) is 0 Å². The molecule has 0 saturated carbocycles. The first kappa shape index (κ1) is 21.1. The molecule has 1 aliphatic rings. The normalized spacial score (nSPS) is 15.9. The molecular formula is C17H24Cl2N2O2S. The summed E-state index contributed by atoms with van der Waals surface area (Å²) in [4.78, 5) is 3.82. The van der Waals surface area contributed by atoms with Crippen molar-refractivity contribution >= 4 is 36.2 Å².